The third-order valence-corrected chi connectivity index (χ3v) is 5.33. The molecule has 0 radical (unpaired) electrons. The van der Waals surface area contributed by atoms with Crippen molar-refractivity contribution >= 4 is 16.9 Å². The molecule has 0 amide bonds. The lowest BCUT2D eigenvalue weighted by atomic mass is 10.1. The van der Waals surface area contributed by atoms with Crippen molar-refractivity contribution in [2.45, 2.75) is 18.8 Å². The summed E-state index contributed by atoms with van der Waals surface area (Å²) in [4.78, 5) is 15.5. The van der Waals surface area contributed by atoms with Crippen molar-refractivity contribution in [3.63, 3.8) is 0 Å². The zero-order valence-corrected chi connectivity index (χ0v) is 15.0. The molecule has 0 atom stereocenters. The smallest absolute Gasteiger partial charge is 0.159 e. The van der Waals surface area contributed by atoms with Crippen LogP contribution in [0.1, 0.15) is 24.3 Å². The summed E-state index contributed by atoms with van der Waals surface area (Å²) in [7, 11) is 1.68. The average Bonchev–Trinajstić information content (AvgIpc) is 3.46. The molecule has 1 saturated carbocycles. The first-order valence-electron chi connectivity index (χ1n) is 9.32. The van der Waals surface area contributed by atoms with Crippen molar-refractivity contribution in [2.24, 2.45) is 0 Å². The van der Waals surface area contributed by atoms with Gasteiger partial charge in [-0.15, -0.1) is 0 Å². The highest BCUT2D eigenvalue weighted by Gasteiger charge is 2.31. The van der Waals surface area contributed by atoms with Crippen LogP contribution in [0.5, 0.6) is 5.75 Å². The minimum Gasteiger partial charge on any atom is -0.497 e. The van der Waals surface area contributed by atoms with Gasteiger partial charge < -0.3 is 19.9 Å². The number of imidazole rings is 1. The maximum Gasteiger partial charge on any atom is 0.159 e. The highest BCUT2D eigenvalue weighted by molar-refractivity contribution is 5.90. The van der Waals surface area contributed by atoms with Gasteiger partial charge in [-0.05, 0) is 48.6 Å². The predicted molar refractivity (Wildman–Crippen MR) is 103 cm³/mol. The lowest BCUT2D eigenvalue weighted by Crippen LogP contribution is -2.44. The summed E-state index contributed by atoms with van der Waals surface area (Å²) < 4.78 is 5.26. The Morgan fingerprint density at radius 3 is 2.58 bits per heavy atom. The minimum atomic E-state index is 0.651. The molecule has 5 rings (SSSR count). The number of rotatable bonds is 4. The van der Waals surface area contributed by atoms with Crippen LogP contribution in [0.4, 0.5) is 5.69 Å². The number of pyridine rings is 1. The van der Waals surface area contributed by atoms with Crippen LogP contribution in [0, 0.1) is 0 Å². The van der Waals surface area contributed by atoms with Gasteiger partial charge in [0.05, 0.1) is 12.8 Å². The normalized spacial score (nSPS) is 17.7. The molecule has 2 aliphatic rings. The van der Waals surface area contributed by atoms with Gasteiger partial charge in [0.1, 0.15) is 17.1 Å². The third-order valence-electron chi connectivity index (χ3n) is 5.33. The van der Waals surface area contributed by atoms with Crippen molar-refractivity contribution in [1.29, 1.82) is 0 Å². The molecule has 2 fully saturated rings. The molecule has 6 heteroatoms. The molecule has 1 aromatic carbocycles. The Labute approximate surface area is 152 Å². The second-order valence-corrected chi connectivity index (χ2v) is 7.08. The summed E-state index contributed by atoms with van der Waals surface area (Å²) in [5, 5.41) is 3.44. The van der Waals surface area contributed by atoms with E-state index in [-0.39, 0.29) is 0 Å². The number of hydrogen-bond donors (Lipinski definition) is 2. The molecule has 6 nitrogen and oxygen atoms in total. The Hall–Kier alpha value is -2.60. The molecular formula is C20H23N5O. The summed E-state index contributed by atoms with van der Waals surface area (Å²) in [6, 6.07) is 7.98. The number of anilines is 1. The van der Waals surface area contributed by atoms with Crippen LogP contribution < -0.4 is 15.0 Å². The fourth-order valence-corrected chi connectivity index (χ4v) is 3.75. The molecular weight excluding hydrogens is 326 g/mol. The zero-order chi connectivity index (χ0) is 17.5. The predicted octanol–water partition coefficient (Wildman–Crippen LogP) is 2.92. The number of nitrogens with zero attached hydrogens (tertiary/aromatic N) is 3. The Kier molecular flexibility index (Phi) is 3.78. The summed E-state index contributed by atoms with van der Waals surface area (Å²) in [5.74, 6) is 2.36. The fourth-order valence-electron chi connectivity index (χ4n) is 3.75. The van der Waals surface area contributed by atoms with E-state index in [2.05, 4.69) is 21.4 Å². The van der Waals surface area contributed by atoms with Gasteiger partial charge in [0.25, 0.3) is 0 Å². The molecule has 26 heavy (non-hydrogen) atoms. The number of fused-ring (bicyclic) bond motifs is 1. The van der Waals surface area contributed by atoms with Crippen LogP contribution in [-0.2, 0) is 0 Å². The van der Waals surface area contributed by atoms with E-state index in [9.17, 15) is 0 Å². The van der Waals surface area contributed by atoms with E-state index >= 15 is 0 Å². The topological polar surface area (TPSA) is 66.1 Å². The highest BCUT2D eigenvalue weighted by Crippen LogP contribution is 2.46. The monoisotopic (exact) mass is 349 g/mol. The molecule has 0 spiro atoms. The Morgan fingerprint density at radius 2 is 1.88 bits per heavy atom. The first kappa shape index (κ1) is 15.6. The zero-order valence-electron chi connectivity index (χ0n) is 15.0. The van der Waals surface area contributed by atoms with E-state index in [1.807, 2.05) is 24.3 Å². The van der Waals surface area contributed by atoms with Gasteiger partial charge in [-0.25, -0.2) is 9.97 Å². The van der Waals surface area contributed by atoms with Gasteiger partial charge in [-0.2, -0.15) is 0 Å². The van der Waals surface area contributed by atoms with Gasteiger partial charge >= 0.3 is 0 Å². The van der Waals surface area contributed by atoms with Crippen LogP contribution in [0.15, 0.2) is 30.5 Å². The van der Waals surface area contributed by atoms with Crippen molar-refractivity contribution in [3.05, 3.63) is 36.0 Å². The first-order valence-corrected chi connectivity index (χ1v) is 9.32. The van der Waals surface area contributed by atoms with Gasteiger partial charge in [0.2, 0.25) is 0 Å². The van der Waals surface area contributed by atoms with Crippen LogP contribution in [0.2, 0.25) is 0 Å². The van der Waals surface area contributed by atoms with Crippen molar-refractivity contribution in [2.75, 3.05) is 38.2 Å². The van der Waals surface area contributed by atoms with E-state index in [1.54, 1.807) is 7.11 Å². The molecule has 0 unspecified atom stereocenters. The fraction of sp³-hybridized carbons (Fsp3) is 0.400. The highest BCUT2D eigenvalue weighted by atomic mass is 16.5. The lowest BCUT2D eigenvalue weighted by Gasteiger charge is -2.31. The van der Waals surface area contributed by atoms with E-state index in [4.69, 9.17) is 14.7 Å². The molecule has 134 valence electrons. The largest absolute Gasteiger partial charge is 0.497 e. The molecule has 3 aromatic rings. The number of H-pyrrole nitrogens is 1. The third kappa shape index (κ3) is 2.70. The lowest BCUT2D eigenvalue weighted by molar-refractivity contribution is 0.415. The number of nitrogens with one attached hydrogen (secondary N) is 2. The molecule has 1 aliphatic heterocycles. The number of aromatic nitrogens is 3. The van der Waals surface area contributed by atoms with Crippen LogP contribution in [-0.4, -0.2) is 48.2 Å². The van der Waals surface area contributed by atoms with Gasteiger partial charge in [0.15, 0.2) is 5.65 Å². The molecule has 3 heterocycles. The van der Waals surface area contributed by atoms with E-state index < -0.39 is 0 Å². The van der Waals surface area contributed by atoms with Crippen molar-refractivity contribution in [1.82, 2.24) is 20.3 Å². The minimum absolute atomic E-state index is 0.651. The van der Waals surface area contributed by atoms with Gasteiger partial charge in [-0.1, -0.05) is 0 Å². The van der Waals surface area contributed by atoms with E-state index in [1.165, 1.54) is 24.1 Å². The Bertz CT molecular complexity index is 923. The van der Waals surface area contributed by atoms with Gasteiger partial charge in [-0.3, -0.25) is 0 Å². The maximum atomic E-state index is 5.26. The van der Waals surface area contributed by atoms with E-state index in [0.717, 1.165) is 54.5 Å². The SMILES string of the molecule is COc1ccc(-c2nc3c(N4CCNCC4)c(C4CC4)cnc3[nH]2)cc1. The molecule has 1 aliphatic carbocycles. The summed E-state index contributed by atoms with van der Waals surface area (Å²) in [5.41, 5.74) is 5.57. The average molecular weight is 349 g/mol. The number of hydrogen-bond acceptors (Lipinski definition) is 5. The second kappa shape index (κ2) is 6.29. The quantitative estimate of drug-likeness (QED) is 0.758. The first-order chi connectivity index (χ1) is 12.8. The second-order valence-electron chi connectivity index (χ2n) is 7.08. The van der Waals surface area contributed by atoms with Crippen LogP contribution in [0.3, 0.4) is 0 Å². The number of benzene rings is 1. The van der Waals surface area contributed by atoms with Crippen molar-refractivity contribution < 1.29 is 4.74 Å². The summed E-state index contributed by atoms with van der Waals surface area (Å²) >= 11 is 0. The maximum absolute atomic E-state index is 5.26. The summed E-state index contributed by atoms with van der Waals surface area (Å²) in [6.45, 7) is 4.07. The van der Waals surface area contributed by atoms with Crippen molar-refractivity contribution in [3.8, 4) is 17.1 Å². The molecule has 2 aromatic heterocycles. The molecule has 2 N–H and O–H groups in total. The molecule has 0 bridgehead atoms. The van der Waals surface area contributed by atoms with Crippen LogP contribution >= 0.6 is 0 Å². The molecule has 1 saturated heterocycles. The number of methoxy groups -OCH3 is 1. The van der Waals surface area contributed by atoms with Crippen LogP contribution in [0.25, 0.3) is 22.6 Å². The van der Waals surface area contributed by atoms with Gasteiger partial charge in [0, 0.05) is 37.9 Å². The Morgan fingerprint density at radius 1 is 1.12 bits per heavy atom. The summed E-state index contributed by atoms with van der Waals surface area (Å²) in [6.07, 6.45) is 4.59. The standard InChI is InChI=1S/C20H23N5O/c1-26-15-6-4-14(5-7-15)19-23-17-18(25-10-8-21-9-11-25)16(13-2-3-13)12-22-20(17)24-19/h4-7,12-13,21H,2-3,8-11H2,1H3,(H,22,23,24). The Balaban J connectivity index is 1.62. The number of piperazine rings is 1. The van der Waals surface area contributed by atoms with E-state index in [0.29, 0.717) is 5.92 Å². The number of ether oxygens (including phenoxy) is 1. The number of aromatic amines is 1.